The second-order valence-corrected chi connectivity index (χ2v) is 8.99. The molecule has 1 atom stereocenters. The van der Waals surface area contributed by atoms with Crippen molar-refractivity contribution < 1.29 is 18.0 Å². The Morgan fingerprint density at radius 3 is 2.76 bits per heavy atom. The maximum Gasteiger partial charge on any atom is 0.252 e. The predicted molar refractivity (Wildman–Crippen MR) is 95.2 cm³/mol. The van der Waals surface area contributed by atoms with Crippen molar-refractivity contribution in [3.63, 3.8) is 0 Å². The third kappa shape index (κ3) is 4.46. The smallest absolute Gasteiger partial charge is 0.252 e. The minimum Gasteiger partial charge on any atom is -0.272 e. The number of carbonyl (C=O) groups is 1. The van der Waals surface area contributed by atoms with Gasteiger partial charge in [0, 0.05) is 13.1 Å². The van der Waals surface area contributed by atoms with E-state index in [1.807, 2.05) is 30.3 Å². The van der Waals surface area contributed by atoms with Crippen LogP contribution in [-0.4, -0.2) is 31.7 Å². The first-order valence-corrected chi connectivity index (χ1v) is 10.4. The summed E-state index contributed by atoms with van der Waals surface area (Å²) < 4.78 is 26.9. The first kappa shape index (κ1) is 18.1. The Morgan fingerprint density at radius 2 is 2.04 bits per heavy atom. The van der Waals surface area contributed by atoms with Gasteiger partial charge < -0.3 is 0 Å². The van der Waals surface area contributed by atoms with Crippen molar-refractivity contribution in [2.75, 3.05) is 13.1 Å². The number of nitrogens with zero attached hydrogens (tertiary/aromatic N) is 1. The van der Waals surface area contributed by atoms with Gasteiger partial charge in [0.25, 0.3) is 10.0 Å². The van der Waals surface area contributed by atoms with Crippen LogP contribution in [0.1, 0.15) is 18.4 Å². The van der Waals surface area contributed by atoms with E-state index >= 15 is 0 Å². The number of sulfonamides is 1. The first-order chi connectivity index (χ1) is 12.1. The minimum absolute atomic E-state index is 0.181. The topological polar surface area (TPSA) is 75.7 Å². The van der Waals surface area contributed by atoms with Gasteiger partial charge >= 0.3 is 0 Å². The second kappa shape index (κ2) is 8.09. The average Bonchev–Trinajstić information content (AvgIpc) is 3.18. The molecule has 3 rings (SSSR count). The Hall–Kier alpha value is -1.74. The number of piperidine rings is 1. The summed E-state index contributed by atoms with van der Waals surface area (Å²) in [7, 11) is -3.52. The molecule has 2 aromatic rings. The van der Waals surface area contributed by atoms with Crippen LogP contribution in [0.25, 0.3) is 0 Å². The highest BCUT2D eigenvalue weighted by molar-refractivity contribution is 7.91. The van der Waals surface area contributed by atoms with Crippen LogP contribution in [0.15, 0.2) is 52.1 Å². The summed E-state index contributed by atoms with van der Waals surface area (Å²) in [5.41, 5.74) is 3.40. The van der Waals surface area contributed by atoms with Gasteiger partial charge in [-0.25, -0.2) is 13.9 Å². The Morgan fingerprint density at radius 1 is 1.24 bits per heavy atom. The first-order valence-electron chi connectivity index (χ1n) is 8.06. The fourth-order valence-corrected chi connectivity index (χ4v) is 5.43. The Balaban J connectivity index is 1.55. The lowest BCUT2D eigenvalue weighted by molar-refractivity contribution is -0.139. The van der Waals surface area contributed by atoms with Crippen LogP contribution in [0.5, 0.6) is 0 Å². The standard InChI is InChI=1S/C17H20N2O4S2/c20-17(18-23-13-14-6-2-1-3-7-14)15-8-4-10-19(12-15)25(21,22)16-9-5-11-24-16/h1-3,5-7,9,11,15H,4,8,10,12-13H2,(H,18,20). The zero-order valence-electron chi connectivity index (χ0n) is 13.6. The maximum atomic E-state index is 12.6. The fourth-order valence-electron chi connectivity index (χ4n) is 2.76. The molecule has 134 valence electrons. The number of hydrogen-bond acceptors (Lipinski definition) is 5. The number of thiophene rings is 1. The van der Waals surface area contributed by atoms with E-state index in [-0.39, 0.29) is 19.1 Å². The number of amides is 1. The molecule has 1 aliphatic heterocycles. The monoisotopic (exact) mass is 380 g/mol. The Labute approximate surface area is 151 Å². The predicted octanol–water partition coefficient (Wildman–Crippen LogP) is 2.40. The van der Waals surface area contributed by atoms with Gasteiger partial charge in [0.05, 0.1) is 12.5 Å². The molecule has 1 aromatic carbocycles. The normalized spacial score (nSPS) is 18.8. The molecule has 0 bridgehead atoms. The number of carbonyl (C=O) groups excluding carboxylic acids is 1. The number of hydroxylamine groups is 1. The summed E-state index contributed by atoms with van der Waals surface area (Å²) in [6.45, 7) is 0.895. The number of nitrogens with one attached hydrogen (secondary N) is 1. The molecule has 0 saturated carbocycles. The molecule has 6 nitrogen and oxygen atoms in total. The third-order valence-corrected chi connectivity index (χ3v) is 7.34. The molecule has 0 radical (unpaired) electrons. The molecule has 0 aliphatic carbocycles. The van der Waals surface area contributed by atoms with Gasteiger partial charge in [0.1, 0.15) is 4.21 Å². The van der Waals surface area contributed by atoms with E-state index in [4.69, 9.17) is 4.84 Å². The van der Waals surface area contributed by atoms with Gasteiger partial charge in [-0.1, -0.05) is 36.4 Å². The molecule has 1 N–H and O–H groups in total. The zero-order chi connectivity index (χ0) is 17.7. The van der Waals surface area contributed by atoms with Gasteiger partial charge in [-0.2, -0.15) is 4.31 Å². The van der Waals surface area contributed by atoms with Gasteiger partial charge in [-0.15, -0.1) is 11.3 Å². The highest BCUT2D eigenvalue weighted by Crippen LogP contribution is 2.26. The number of rotatable bonds is 6. The van der Waals surface area contributed by atoms with Gasteiger partial charge in [-0.3, -0.25) is 9.63 Å². The Bertz CT molecular complexity index is 791. The van der Waals surface area contributed by atoms with Crippen molar-refractivity contribution in [1.29, 1.82) is 0 Å². The molecule has 1 amide bonds. The van der Waals surface area contributed by atoms with Crippen molar-refractivity contribution in [2.24, 2.45) is 5.92 Å². The van der Waals surface area contributed by atoms with Crippen LogP contribution in [0.4, 0.5) is 0 Å². The highest BCUT2D eigenvalue weighted by atomic mass is 32.2. The van der Waals surface area contributed by atoms with Crippen molar-refractivity contribution >= 4 is 27.3 Å². The van der Waals surface area contributed by atoms with Crippen LogP contribution in [0.2, 0.25) is 0 Å². The summed E-state index contributed by atoms with van der Waals surface area (Å²) in [4.78, 5) is 17.6. The lowest BCUT2D eigenvalue weighted by atomic mass is 9.99. The van der Waals surface area contributed by atoms with Crippen LogP contribution >= 0.6 is 11.3 Å². The summed E-state index contributed by atoms with van der Waals surface area (Å²) >= 11 is 1.19. The molecule has 1 saturated heterocycles. The van der Waals surface area contributed by atoms with Crippen LogP contribution in [-0.2, 0) is 26.3 Å². The van der Waals surface area contributed by atoms with Gasteiger partial charge in [0.15, 0.2) is 0 Å². The van der Waals surface area contributed by atoms with Crippen molar-refractivity contribution in [3.05, 3.63) is 53.4 Å². The lowest BCUT2D eigenvalue weighted by Crippen LogP contribution is -2.45. The number of benzene rings is 1. The van der Waals surface area contributed by atoms with E-state index in [9.17, 15) is 13.2 Å². The van der Waals surface area contributed by atoms with Crippen molar-refractivity contribution in [2.45, 2.75) is 23.7 Å². The zero-order valence-corrected chi connectivity index (χ0v) is 15.3. The largest absolute Gasteiger partial charge is 0.272 e. The SMILES string of the molecule is O=C(NOCc1ccccc1)C1CCCN(S(=O)(=O)c2cccs2)C1. The molecule has 1 aromatic heterocycles. The maximum absolute atomic E-state index is 12.6. The van der Waals surface area contributed by atoms with E-state index in [0.29, 0.717) is 23.6 Å². The summed E-state index contributed by atoms with van der Waals surface area (Å²) in [5.74, 6) is -0.679. The number of hydrogen-bond donors (Lipinski definition) is 1. The van der Waals surface area contributed by atoms with E-state index < -0.39 is 15.9 Å². The minimum atomic E-state index is -3.52. The molecular weight excluding hydrogens is 360 g/mol. The van der Waals surface area contributed by atoms with Crippen molar-refractivity contribution in [1.82, 2.24) is 9.79 Å². The van der Waals surface area contributed by atoms with E-state index in [0.717, 1.165) is 5.56 Å². The van der Waals surface area contributed by atoms with Crippen LogP contribution < -0.4 is 5.48 Å². The summed E-state index contributed by atoms with van der Waals surface area (Å²) in [6.07, 6.45) is 1.30. The molecule has 1 unspecified atom stereocenters. The average molecular weight is 380 g/mol. The fraction of sp³-hybridized carbons (Fsp3) is 0.353. The quantitative estimate of drug-likeness (QED) is 0.781. The molecular formula is C17H20N2O4S2. The van der Waals surface area contributed by atoms with Gasteiger partial charge in [0.2, 0.25) is 5.91 Å². The summed E-state index contributed by atoms with van der Waals surface area (Å²) in [6, 6.07) is 12.8. The molecule has 8 heteroatoms. The lowest BCUT2D eigenvalue weighted by Gasteiger charge is -2.30. The third-order valence-electron chi connectivity index (χ3n) is 4.10. The molecule has 0 spiro atoms. The van der Waals surface area contributed by atoms with E-state index in [2.05, 4.69) is 5.48 Å². The summed E-state index contributed by atoms with van der Waals surface area (Å²) in [5, 5.41) is 1.73. The highest BCUT2D eigenvalue weighted by Gasteiger charge is 2.33. The molecule has 1 fully saturated rings. The van der Waals surface area contributed by atoms with E-state index in [1.165, 1.54) is 15.6 Å². The molecule has 1 aliphatic rings. The molecule has 25 heavy (non-hydrogen) atoms. The van der Waals surface area contributed by atoms with Crippen molar-refractivity contribution in [3.8, 4) is 0 Å². The second-order valence-electron chi connectivity index (χ2n) is 5.87. The van der Waals surface area contributed by atoms with Gasteiger partial charge in [-0.05, 0) is 29.9 Å². The van der Waals surface area contributed by atoms with Crippen LogP contribution in [0.3, 0.4) is 0 Å². The molecule has 2 heterocycles. The van der Waals surface area contributed by atoms with E-state index in [1.54, 1.807) is 17.5 Å². The Kier molecular flexibility index (Phi) is 5.85. The van der Waals surface area contributed by atoms with Crippen LogP contribution in [0, 0.1) is 5.92 Å².